The molecule has 0 fully saturated rings. The van der Waals surface area contributed by atoms with Crippen LogP contribution in [0.5, 0.6) is 0 Å². The molecule has 0 heterocycles. The highest BCUT2D eigenvalue weighted by Crippen LogP contribution is 2.36. The lowest BCUT2D eigenvalue weighted by Crippen LogP contribution is -2.22. The van der Waals surface area contributed by atoms with Gasteiger partial charge in [-0.3, -0.25) is 0 Å². The van der Waals surface area contributed by atoms with Crippen LogP contribution in [0, 0.1) is 0 Å². The first-order valence-electron chi connectivity index (χ1n) is 5.99. The van der Waals surface area contributed by atoms with E-state index in [0.29, 0.717) is 6.54 Å². The second kappa shape index (κ2) is 4.18. The topological polar surface area (TPSA) is 64.4 Å². The molecule has 0 aromatic heterocycles. The molecule has 1 aliphatic carbocycles. The van der Waals surface area contributed by atoms with Crippen molar-refractivity contribution in [3.8, 4) is 11.1 Å². The van der Waals surface area contributed by atoms with Gasteiger partial charge in [0, 0.05) is 0 Å². The summed E-state index contributed by atoms with van der Waals surface area (Å²) < 4.78 is 0. The van der Waals surface area contributed by atoms with Gasteiger partial charge < -0.3 is 11.5 Å². The van der Waals surface area contributed by atoms with Crippen LogP contribution in [0.1, 0.15) is 16.7 Å². The van der Waals surface area contributed by atoms with Gasteiger partial charge in [-0.25, -0.2) is 4.99 Å². The summed E-state index contributed by atoms with van der Waals surface area (Å²) in [5.74, 6) is 0.138. The summed E-state index contributed by atoms with van der Waals surface area (Å²) in [7, 11) is 0. The Morgan fingerprint density at radius 3 is 2.61 bits per heavy atom. The number of benzene rings is 2. The van der Waals surface area contributed by atoms with Gasteiger partial charge in [0.1, 0.15) is 0 Å². The zero-order valence-electron chi connectivity index (χ0n) is 10.1. The van der Waals surface area contributed by atoms with Crippen molar-refractivity contribution >= 4 is 5.96 Å². The number of nitrogens with two attached hydrogens (primary N) is 2. The average molecular weight is 237 g/mol. The first-order chi connectivity index (χ1) is 8.74. The van der Waals surface area contributed by atoms with Crippen molar-refractivity contribution in [3.63, 3.8) is 0 Å². The van der Waals surface area contributed by atoms with Gasteiger partial charge in [0.15, 0.2) is 5.96 Å². The Hall–Kier alpha value is -2.29. The molecule has 0 spiro atoms. The third-order valence-electron chi connectivity index (χ3n) is 3.30. The third-order valence-corrected chi connectivity index (χ3v) is 3.30. The van der Waals surface area contributed by atoms with E-state index in [2.05, 4.69) is 47.5 Å². The molecule has 0 aliphatic heterocycles. The predicted octanol–water partition coefficient (Wildman–Crippen LogP) is 2.03. The Kier molecular flexibility index (Phi) is 2.52. The molecule has 2 aromatic carbocycles. The molecule has 0 amide bonds. The van der Waals surface area contributed by atoms with Crippen molar-refractivity contribution < 1.29 is 0 Å². The fourth-order valence-corrected chi connectivity index (χ4v) is 2.48. The molecular formula is C15H15N3. The summed E-state index contributed by atoms with van der Waals surface area (Å²) in [4.78, 5) is 4.04. The number of rotatable bonds is 2. The van der Waals surface area contributed by atoms with E-state index in [9.17, 15) is 0 Å². The summed E-state index contributed by atoms with van der Waals surface area (Å²) in [6.07, 6.45) is 1.00. The van der Waals surface area contributed by atoms with E-state index >= 15 is 0 Å². The van der Waals surface area contributed by atoms with Crippen molar-refractivity contribution in [2.24, 2.45) is 16.5 Å². The van der Waals surface area contributed by atoms with Crippen LogP contribution >= 0.6 is 0 Å². The van der Waals surface area contributed by atoms with Gasteiger partial charge in [-0.1, -0.05) is 42.5 Å². The monoisotopic (exact) mass is 237 g/mol. The Labute approximate surface area is 106 Å². The van der Waals surface area contributed by atoms with E-state index in [1.165, 1.54) is 22.3 Å². The highest BCUT2D eigenvalue weighted by Gasteiger charge is 2.17. The Balaban J connectivity index is 1.96. The molecule has 1 aliphatic rings. The summed E-state index contributed by atoms with van der Waals surface area (Å²) in [6, 6.07) is 15.0. The van der Waals surface area contributed by atoms with Crippen molar-refractivity contribution in [1.82, 2.24) is 0 Å². The van der Waals surface area contributed by atoms with Gasteiger partial charge in [0.05, 0.1) is 6.54 Å². The first-order valence-corrected chi connectivity index (χ1v) is 5.99. The molecule has 4 N–H and O–H groups in total. The lowest BCUT2D eigenvalue weighted by atomic mass is 10.0. The number of nitrogens with zero attached hydrogens (tertiary/aromatic N) is 1. The number of hydrogen-bond donors (Lipinski definition) is 2. The number of fused-ring (bicyclic) bond motifs is 3. The SMILES string of the molecule is NC(N)=NCc1ccc2c(c1)Cc1ccccc1-2. The van der Waals surface area contributed by atoms with E-state index in [1.54, 1.807) is 0 Å². The zero-order chi connectivity index (χ0) is 12.5. The van der Waals surface area contributed by atoms with E-state index in [0.717, 1.165) is 12.0 Å². The average Bonchev–Trinajstić information content (AvgIpc) is 2.73. The van der Waals surface area contributed by atoms with Crippen LogP contribution in [-0.4, -0.2) is 5.96 Å². The molecule has 3 rings (SSSR count). The van der Waals surface area contributed by atoms with Gasteiger partial charge in [-0.2, -0.15) is 0 Å². The molecule has 90 valence electrons. The maximum atomic E-state index is 5.35. The van der Waals surface area contributed by atoms with Crippen LogP contribution in [0.2, 0.25) is 0 Å². The van der Waals surface area contributed by atoms with Crippen LogP contribution in [0.4, 0.5) is 0 Å². The molecule has 0 saturated carbocycles. The van der Waals surface area contributed by atoms with Gasteiger partial charge in [-0.05, 0) is 34.2 Å². The molecule has 0 saturated heterocycles. The van der Waals surface area contributed by atoms with Crippen LogP contribution in [-0.2, 0) is 13.0 Å². The lowest BCUT2D eigenvalue weighted by molar-refractivity contribution is 1.05. The molecule has 0 atom stereocenters. The summed E-state index contributed by atoms with van der Waals surface area (Å²) in [5.41, 5.74) is 17.3. The van der Waals surface area contributed by atoms with Crippen molar-refractivity contribution in [3.05, 3.63) is 59.2 Å². The normalized spacial score (nSPS) is 11.8. The van der Waals surface area contributed by atoms with Crippen molar-refractivity contribution in [1.29, 1.82) is 0 Å². The van der Waals surface area contributed by atoms with Crippen molar-refractivity contribution in [2.75, 3.05) is 0 Å². The maximum absolute atomic E-state index is 5.35. The minimum Gasteiger partial charge on any atom is -0.370 e. The standard InChI is InChI=1S/C15H15N3/c16-15(17)18-9-10-5-6-14-12(7-10)8-11-3-1-2-4-13(11)14/h1-7H,8-9H2,(H4,16,17,18). The second-order valence-electron chi connectivity index (χ2n) is 4.57. The summed E-state index contributed by atoms with van der Waals surface area (Å²) in [6.45, 7) is 0.548. The highest BCUT2D eigenvalue weighted by molar-refractivity contribution is 5.77. The third kappa shape index (κ3) is 1.84. The van der Waals surface area contributed by atoms with Gasteiger partial charge >= 0.3 is 0 Å². The number of hydrogen-bond acceptors (Lipinski definition) is 1. The quantitative estimate of drug-likeness (QED) is 0.529. The molecular weight excluding hydrogens is 222 g/mol. The highest BCUT2D eigenvalue weighted by atomic mass is 15.0. The van der Waals surface area contributed by atoms with E-state index in [4.69, 9.17) is 11.5 Å². The Morgan fingerprint density at radius 2 is 1.78 bits per heavy atom. The van der Waals surface area contributed by atoms with Gasteiger partial charge in [0.2, 0.25) is 0 Å². The Bertz CT molecular complexity index is 625. The molecule has 18 heavy (non-hydrogen) atoms. The van der Waals surface area contributed by atoms with Crippen LogP contribution in [0.15, 0.2) is 47.5 Å². The molecule has 0 unspecified atom stereocenters. The fraction of sp³-hybridized carbons (Fsp3) is 0.133. The minimum atomic E-state index is 0.138. The number of aliphatic imine (C=N–C) groups is 1. The van der Waals surface area contributed by atoms with E-state index in [-0.39, 0.29) is 5.96 Å². The smallest absolute Gasteiger partial charge is 0.186 e. The molecule has 0 bridgehead atoms. The largest absolute Gasteiger partial charge is 0.370 e. The molecule has 3 heteroatoms. The first kappa shape index (κ1) is 10.8. The Morgan fingerprint density at radius 1 is 1.00 bits per heavy atom. The maximum Gasteiger partial charge on any atom is 0.186 e. The van der Waals surface area contributed by atoms with E-state index < -0.39 is 0 Å². The number of guanidine groups is 1. The van der Waals surface area contributed by atoms with Crippen molar-refractivity contribution in [2.45, 2.75) is 13.0 Å². The zero-order valence-corrected chi connectivity index (χ0v) is 10.1. The van der Waals surface area contributed by atoms with Gasteiger partial charge in [-0.15, -0.1) is 0 Å². The minimum absolute atomic E-state index is 0.138. The van der Waals surface area contributed by atoms with Gasteiger partial charge in [0.25, 0.3) is 0 Å². The van der Waals surface area contributed by atoms with Crippen LogP contribution in [0.3, 0.4) is 0 Å². The predicted molar refractivity (Wildman–Crippen MR) is 74.2 cm³/mol. The van der Waals surface area contributed by atoms with E-state index in [1.807, 2.05) is 0 Å². The lowest BCUT2D eigenvalue weighted by Gasteiger charge is -2.03. The molecule has 0 radical (unpaired) electrons. The molecule has 3 nitrogen and oxygen atoms in total. The summed E-state index contributed by atoms with van der Waals surface area (Å²) >= 11 is 0. The van der Waals surface area contributed by atoms with Crippen LogP contribution in [0.25, 0.3) is 11.1 Å². The second-order valence-corrected chi connectivity index (χ2v) is 4.57. The summed E-state index contributed by atoms with van der Waals surface area (Å²) in [5, 5.41) is 0. The molecule has 2 aromatic rings. The fourth-order valence-electron chi connectivity index (χ4n) is 2.48. The van der Waals surface area contributed by atoms with Crippen LogP contribution < -0.4 is 11.5 Å².